The molecule has 7 aromatic carbocycles. The van der Waals surface area contributed by atoms with E-state index >= 15 is 0 Å². The highest BCUT2D eigenvalue weighted by atomic mass is 35.5. The first-order valence-corrected chi connectivity index (χ1v) is 45.2. The molecule has 0 atom stereocenters. The summed E-state index contributed by atoms with van der Waals surface area (Å²) in [5.74, 6) is -0.711. The Balaban J connectivity index is 0.000000127. The third kappa shape index (κ3) is 21.6. The summed E-state index contributed by atoms with van der Waals surface area (Å²) in [6.45, 7) is 21.7. The summed E-state index contributed by atoms with van der Waals surface area (Å²) >= 11 is 32.5. The molecule has 0 radical (unpaired) electrons. The summed E-state index contributed by atoms with van der Waals surface area (Å²) in [5, 5.41) is 30.6. The van der Waals surface area contributed by atoms with E-state index in [1.54, 1.807) is 61.6 Å². The Morgan fingerprint density at radius 3 is 1.14 bits per heavy atom. The van der Waals surface area contributed by atoms with E-state index in [1.807, 2.05) is 137 Å². The fourth-order valence-electron chi connectivity index (χ4n) is 16.7. The molecule has 5 N–H and O–H groups in total. The highest BCUT2D eigenvalue weighted by molar-refractivity contribution is 6.41. The number of aromatic nitrogens is 13. The van der Waals surface area contributed by atoms with Crippen molar-refractivity contribution in [1.29, 1.82) is 0 Å². The minimum Gasteiger partial charge on any atom is -0.347 e. The average molecular weight is 1820 g/mol. The van der Waals surface area contributed by atoms with Gasteiger partial charge in [0.25, 0.3) is 23.6 Å². The number of hydrogen-bond acceptors (Lipinski definition) is 15. The number of anilines is 4. The Morgan fingerprint density at radius 1 is 0.395 bits per heavy atom. The molecule has 3 fully saturated rings. The molecule has 4 amide bonds. The number of hydrogen-bond donors (Lipinski definition) is 5. The number of imidazole rings is 1. The van der Waals surface area contributed by atoms with Crippen LogP contribution in [0.2, 0.25) is 25.1 Å². The van der Waals surface area contributed by atoms with Gasteiger partial charge in [-0.05, 0) is 161 Å². The van der Waals surface area contributed by atoms with Crippen LogP contribution in [0.5, 0.6) is 0 Å². The lowest BCUT2D eigenvalue weighted by Crippen LogP contribution is -2.34. The number of piperidine rings is 3. The Kier molecular flexibility index (Phi) is 28.8. The van der Waals surface area contributed by atoms with Gasteiger partial charge in [-0.3, -0.25) is 33.9 Å². The van der Waals surface area contributed by atoms with Crippen molar-refractivity contribution < 1.29 is 19.2 Å². The lowest BCUT2D eigenvalue weighted by atomic mass is 10.0. The van der Waals surface area contributed by atoms with Crippen molar-refractivity contribution in [3.8, 4) is 0 Å². The Labute approximate surface area is 773 Å². The molecule has 0 bridgehead atoms. The van der Waals surface area contributed by atoms with Crippen LogP contribution in [0.4, 0.5) is 22.7 Å². The Morgan fingerprint density at radius 2 is 0.752 bits per heavy atom. The summed E-state index contributed by atoms with van der Waals surface area (Å²) in [7, 11) is 0. The predicted molar refractivity (Wildman–Crippen MR) is 516 cm³/mol. The maximum Gasteiger partial charge on any atom is 0.258 e. The zero-order valence-electron chi connectivity index (χ0n) is 72.4. The van der Waals surface area contributed by atoms with Gasteiger partial charge in [-0.15, -0.1) is 0 Å². The fourth-order valence-corrected chi connectivity index (χ4v) is 18.1. The molecule has 29 heteroatoms. The van der Waals surface area contributed by atoms with Gasteiger partial charge >= 0.3 is 0 Å². The molecule has 658 valence electrons. The van der Waals surface area contributed by atoms with Gasteiger partial charge in [0, 0.05) is 129 Å². The smallest absolute Gasteiger partial charge is 0.258 e. The van der Waals surface area contributed by atoms with E-state index in [0.29, 0.717) is 81.9 Å². The number of fused-ring (bicyclic) bond motifs is 4. The Hall–Kier alpha value is -12.5. The highest BCUT2D eigenvalue weighted by Crippen LogP contribution is 2.38. The number of amides is 4. The molecule has 16 aromatic rings. The first-order chi connectivity index (χ1) is 62.6. The minimum absolute atomic E-state index is 0.256. The number of rotatable bonds is 20. The van der Waals surface area contributed by atoms with Gasteiger partial charge in [0.05, 0.1) is 113 Å². The minimum atomic E-state index is -0.321. The van der Waals surface area contributed by atoms with Crippen molar-refractivity contribution in [1.82, 2.24) is 78.5 Å². The van der Waals surface area contributed by atoms with Crippen molar-refractivity contribution in [2.75, 3.05) is 60.5 Å². The second-order valence-electron chi connectivity index (χ2n) is 33.4. The van der Waals surface area contributed by atoms with Crippen molar-refractivity contribution >= 4 is 149 Å². The van der Waals surface area contributed by atoms with Crippen LogP contribution in [0, 0.1) is 27.7 Å². The zero-order chi connectivity index (χ0) is 89.8. The van der Waals surface area contributed by atoms with Crippen LogP contribution in [-0.4, -0.2) is 141 Å². The van der Waals surface area contributed by atoms with Crippen LogP contribution in [0.3, 0.4) is 0 Å². The Bertz CT molecular complexity index is 6390. The normalized spacial score (nSPS) is 14.2. The molecule has 19 rings (SSSR count). The van der Waals surface area contributed by atoms with Gasteiger partial charge in [0.2, 0.25) is 0 Å². The molecule has 3 aliphatic heterocycles. The van der Waals surface area contributed by atoms with E-state index in [9.17, 15) is 19.2 Å². The number of halogens is 5. The van der Waals surface area contributed by atoms with Crippen molar-refractivity contribution in [3.05, 3.63) is 342 Å². The molecule has 0 saturated carbocycles. The third-order valence-corrected chi connectivity index (χ3v) is 25.7. The van der Waals surface area contributed by atoms with Gasteiger partial charge in [-0.25, -0.2) is 39.0 Å². The highest BCUT2D eigenvalue weighted by Gasteiger charge is 2.31. The molecule has 0 aliphatic carbocycles. The van der Waals surface area contributed by atoms with Gasteiger partial charge < -0.3 is 30.8 Å². The first-order valence-electron chi connectivity index (χ1n) is 43.3. The number of H-pyrrole nitrogens is 1. The second kappa shape index (κ2) is 41.3. The van der Waals surface area contributed by atoms with Gasteiger partial charge in [0.15, 0.2) is 16.9 Å². The molecule has 3 aliphatic rings. The van der Waals surface area contributed by atoms with Crippen LogP contribution in [0.25, 0.3) is 44.1 Å². The average Bonchev–Trinajstić information content (AvgIpc) is 1.63. The largest absolute Gasteiger partial charge is 0.347 e. The number of aromatic amines is 1. The summed E-state index contributed by atoms with van der Waals surface area (Å²) in [6.07, 6.45) is 21.0. The summed E-state index contributed by atoms with van der Waals surface area (Å²) < 4.78 is 7.94. The maximum atomic E-state index is 13.0. The van der Waals surface area contributed by atoms with E-state index in [0.717, 1.165) is 170 Å². The third-order valence-electron chi connectivity index (χ3n) is 23.8. The van der Waals surface area contributed by atoms with E-state index in [2.05, 4.69) is 169 Å². The van der Waals surface area contributed by atoms with Crippen LogP contribution in [0.1, 0.15) is 168 Å². The number of nitrogens with one attached hydrogen (secondary N) is 5. The lowest BCUT2D eigenvalue weighted by Gasteiger charge is -2.32. The van der Waals surface area contributed by atoms with Crippen LogP contribution < -0.4 is 21.3 Å². The van der Waals surface area contributed by atoms with Crippen LogP contribution in [-0.2, 0) is 26.2 Å². The van der Waals surface area contributed by atoms with E-state index in [-0.39, 0.29) is 41.8 Å². The number of nitrogens with zero attached hydrogens (tertiary/aromatic N) is 15. The van der Waals surface area contributed by atoms with E-state index in [1.165, 1.54) is 34.6 Å². The maximum absolute atomic E-state index is 13.0. The van der Waals surface area contributed by atoms with E-state index in [4.69, 9.17) is 63.1 Å². The van der Waals surface area contributed by atoms with Crippen LogP contribution >= 0.6 is 58.0 Å². The molecule has 12 heterocycles. The first kappa shape index (κ1) is 89.9. The number of likely N-dealkylation sites (tertiary alicyclic amines) is 3. The molecule has 0 spiro atoms. The molecule has 3 saturated heterocycles. The second-order valence-corrected chi connectivity index (χ2v) is 35.3. The standard InChI is InChI=1S/C29H32ClN5O.C26H26ClN5O.C25H23Cl2N5O.C20H18ClN5O/c1-19(2)22-9-11-23(12-10-22)32-29(36)25-17-31-28-26(27(25)30)20(3)33-35(28)24-13-15-34(16-14-24)18-21-7-5-4-6-8-21;1-18-7-9-20(10-8-18)30-26(33)23-15-28-25-22(24(23)27)16-29-32(25)21-11-13-31(14-12-21)17-19-5-3-2-4-6-19;26-18-6-8-19(9-7-18)30-25(33)22-14-28-24-21(23(22)27)15-29-32(24)20-10-12-31(13-11-20)16-17-4-2-1-3-5-17;1-12-3-5-14(6-4-12)25-20(27)16-8-23-19-17(18(16)21)13(2)9-26(19)10-15-7-22-11-24-15/h4-12,17,19,24H,13-16,18H2,1-3H3,(H,32,36);2-10,15-16,21H,11-14,17H2,1H3,(H,30,33);1-9,14-15,20H,10-13,16H2,(H,30,33);3-9,11H,10H2,1-2H3,(H,22,24)(H,25,27). The van der Waals surface area contributed by atoms with Crippen LogP contribution in [0.15, 0.2) is 244 Å². The van der Waals surface area contributed by atoms with Gasteiger partial charge in [0.1, 0.15) is 5.65 Å². The van der Waals surface area contributed by atoms with Crippen molar-refractivity contribution in [3.63, 3.8) is 0 Å². The number of carbonyl (C=O) groups is 4. The van der Waals surface area contributed by atoms with E-state index < -0.39 is 0 Å². The van der Waals surface area contributed by atoms with Crippen molar-refractivity contribution in [2.45, 2.75) is 130 Å². The molecule has 0 unspecified atom stereocenters. The lowest BCUT2D eigenvalue weighted by molar-refractivity contribution is 0.101. The summed E-state index contributed by atoms with van der Waals surface area (Å²) in [5.41, 5.74) is 17.3. The van der Waals surface area contributed by atoms with Crippen molar-refractivity contribution in [2.24, 2.45) is 0 Å². The number of aryl methyl sites for hydroxylation is 4. The van der Waals surface area contributed by atoms with Gasteiger partial charge in [-0.1, -0.05) is 210 Å². The quantitative estimate of drug-likeness (QED) is 0.0475. The monoisotopic (exact) mass is 1820 g/mol. The topological polar surface area (TPSA) is 265 Å². The number of benzene rings is 7. The number of carbonyl (C=O) groups excluding carboxylic acids is 4. The summed E-state index contributed by atoms with van der Waals surface area (Å²) in [6, 6.07) is 62.5. The zero-order valence-corrected chi connectivity index (χ0v) is 76.2. The molecule has 24 nitrogen and oxygen atoms in total. The summed E-state index contributed by atoms with van der Waals surface area (Å²) in [4.78, 5) is 84.1. The van der Waals surface area contributed by atoms with Gasteiger partial charge in [-0.2, -0.15) is 15.3 Å². The predicted octanol–water partition coefficient (Wildman–Crippen LogP) is 22.2. The fraction of sp³-hybridized carbons (Fsp3) is 0.260. The molecule has 129 heavy (non-hydrogen) atoms. The molecular formula is C100H99Cl5N20O4. The molecule has 9 aromatic heterocycles. The SMILES string of the molecule is Cc1ccc(NC(=O)c2cnc3c(c(C)cn3Cc3cnc[nH]3)c2Cl)cc1.Cc1ccc(NC(=O)c2cnc3c(cnn3C3CCN(Cc4ccccc4)CC3)c2Cl)cc1.Cc1nn(C2CCN(Cc3ccccc3)CC2)c2ncc(C(=O)Nc3ccc(C(C)C)cc3)c(Cl)c12.O=C(Nc1ccc(Cl)cc1)c1cnc2c(cnn2C2CCN(Cc3ccccc3)CC2)c1Cl. The number of pyridine rings is 4. The molecular weight excluding hydrogens is 1720 g/mol.